The Morgan fingerprint density at radius 3 is 2.12 bits per heavy atom. The van der Waals surface area contributed by atoms with Crippen LogP contribution in [0.2, 0.25) is 0 Å². The van der Waals surface area contributed by atoms with Gasteiger partial charge in [0.1, 0.15) is 0 Å². The quantitative estimate of drug-likeness (QED) is 0.629. The average Bonchev–Trinajstić information content (AvgIpc) is 2.62. The molecule has 1 aliphatic rings. The van der Waals surface area contributed by atoms with E-state index in [1.165, 1.54) is 22.3 Å². The SMILES string of the molecule is CC1=CC(C(C)(C)C)=CC1=Cc1ccccc1. The summed E-state index contributed by atoms with van der Waals surface area (Å²) in [5.41, 5.74) is 5.60. The summed E-state index contributed by atoms with van der Waals surface area (Å²) in [5.74, 6) is 0. The predicted molar refractivity (Wildman–Crippen MR) is 75.7 cm³/mol. The van der Waals surface area contributed by atoms with E-state index in [1.807, 2.05) is 0 Å². The minimum Gasteiger partial charge on any atom is -0.0622 e. The van der Waals surface area contributed by atoms with Gasteiger partial charge in [-0.3, -0.25) is 0 Å². The van der Waals surface area contributed by atoms with E-state index in [4.69, 9.17) is 0 Å². The maximum atomic E-state index is 2.31. The van der Waals surface area contributed by atoms with E-state index in [-0.39, 0.29) is 5.41 Å². The lowest BCUT2D eigenvalue weighted by atomic mass is 9.87. The van der Waals surface area contributed by atoms with Gasteiger partial charge in [-0.25, -0.2) is 0 Å². The maximum absolute atomic E-state index is 2.31. The van der Waals surface area contributed by atoms with Crippen molar-refractivity contribution in [3.63, 3.8) is 0 Å². The van der Waals surface area contributed by atoms with E-state index in [2.05, 4.69) is 76.3 Å². The number of hydrogen-bond donors (Lipinski definition) is 0. The van der Waals surface area contributed by atoms with E-state index in [0.29, 0.717) is 0 Å². The Morgan fingerprint density at radius 2 is 1.59 bits per heavy atom. The summed E-state index contributed by atoms with van der Waals surface area (Å²) in [5, 5.41) is 0. The van der Waals surface area contributed by atoms with Crippen LogP contribution in [0.1, 0.15) is 33.3 Å². The fourth-order valence-electron chi connectivity index (χ4n) is 1.96. The second-order valence-electron chi connectivity index (χ2n) is 5.69. The molecule has 0 saturated carbocycles. The van der Waals surface area contributed by atoms with Gasteiger partial charge in [0.25, 0.3) is 0 Å². The van der Waals surface area contributed by atoms with Gasteiger partial charge in [-0.15, -0.1) is 0 Å². The summed E-state index contributed by atoms with van der Waals surface area (Å²) in [6, 6.07) is 10.5. The molecule has 1 aromatic carbocycles. The van der Waals surface area contributed by atoms with Crippen molar-refractivity contribution in [2.75, 3.05) is 0 Å². The molecule has 0 bridgehead atoms. The van der Waals surface area contributed by atoms with Gasteiger partial charge in [-0.1, -0.05) is 63.3 Å². The molecule has 0 N–H and O–H groups in total. The molecule has 0 atom stereocenters. The molecule has 0 heteroatoms. The first kappa shape index (κ1) is 11.9. The van der Waals surface area contributed by atoms with Crippen molar-refractivity contribution in [2.24, 2.45) is 5.41 Å². The zero-order valence-corrected chi connectivity index (χ0v) is 11.1. The normalized spacial score (nSPS) is 18.2. The van der Waals surface area contributed by atoms with Crippen molar-refractivity contribution in [3.8, 4) is 0 Å². The smallest absolute Gasteiger partial charge is 0.0132 e. The first-order valence-corrected chi connectivity index (χ1v) is 6.14. The van der Waals surface area contributed by atoms with E-state index < -0.39 is 0 Å². The zero-order chi connectivity index (χ0) is 12.5. The predicted octanol–water partition coefficient (Wildman–Crippen LogP) is 5.00. The van der Waals surface area contributed by atoms with Crippen LogP contribution in [0.25, 0.3) is 6.08 Å². The highest BCUT2D eigenvalue weighted by Crippen LogP contribution is 2.35. The fourth-order valence-corrected chi connectivity index (χ4v) is 1.96. The topological polar surface area (TPSA) is 0 Å². The van der Waals surface area contributed by atoms with Crippen molar-refractivity contribution in [1.29, 1.82) is 0 Å². The zero-order valence-electron chi connectivity index (χ0n) is 11.1. The Morgan fingerprint density at radius 1 is 0.941 bits per heavy atom. The molecular formula is C17H20. The third kappa shape index (κ3) is 2.76. The van der Waals surface area contributed by atoms with Crippen LogP contribution in [0, 0.1) is 5.41 Å². The molecule has 0 radical (unpaired) electrons. The van der Waals surface area contributed by atoms with Gasteiger partial charge >= 0.3 is 0 Å². The lowest BCUT2D eigenvalue weighted by Crippen LogP contribution is -2.05. The van der Waals surface area contributed by atoms with Gasteiger partial charge in [-0.05, 0) is 40.7 Å². The lowest BCUT2D eigenvalue weighted by molar-refractivity contribution is 0.518. The largest absolute Gasteiger partial charge is 0.0622 e. The standard InChI is InChI=1S/C17H20/c1-13-10-16(17(2,3)4)12-15(13)11-14-8-6-5-7-9-14/h5-12H,1-4H3. The van der Waals surface area contributed by atoms with Crippen LogP contribution in [0.5, 0.6) is 0 Å². The molecule has 0 amide bonds. The third-order valence-electron chi connectivity index (χ3n) is 3.13. The van der Waals surface area contributed by atoms with Crippen LogP contribution < -0.4 is 0 Å². The van der Waals surface area contributed by atoms with Crippen LogP contribution >= 0.6 is 0 Å². The van der Waals surface area contributed by atoms with Crippen molar-refractivity contribution in [2.45, 2.75) is 27.7 Å². The van der Waals surface area contributed by atoms with E-state index in [1.54, 1.807) is 0 Å². The van der Waals surface area contributed by atoms with E-state index in [9.17, 15) is 0 Å². The van der Waals surface area contributed by atoms with Crippen LogP contribution in [-0.2, 0) is 0 Å². The molecule has 1 aliphatic carbocycles. The Balaban J connectivity index is 2.34. The van der Waals surface area contributed by atoms with Gasteiger partial charge in [0.2, 0.25) is 0 Å². The summed E-state index contributed by atoms with van der Waals surface area (Å²) >= 11 is 0. The molecular weight excluding hydrogens is 204 g/mol. The van der Waals surface area contributed by atoms with Gasteiger partial charge in [-0.2, -0.15) is 0 Å². The second kappa shape index (κ2) is 4.37. The molecule has 17 heavy (non-hydrogen) atoms. The molecule has 1 aromatic rings. The minimum atomic E-state index is 0.230. The van der Waals surface area contributed by atoms with Gasteiger partial charge in [0.15, 0.2) is 0 Å². The Hall–Kier alpha value is -1.56. The summed E-state index contributed by atoms with van der Waals surface area (Å²) in [7, 11) is 0. The van der Waals surface area contributed by atoms with Crippen LogP contribution in [0.4, 0.5) is 0 Å². The average molecular weight is 224 g/mol. The first-order valence-electron chi connectivity index (χ1n) is 6.14. The van der Waals surface area contributed by atoms with Crippen molar-refractivity contribution < 1.29 is 0 Å². The number of allylic oxidation sites excluding steroid dienone is 5. The third-order valence-corrected chi connectivity index (χ3v) is 3.13. The highest BCUT2D eigenvalue weighted by atomic mass is 14.2. The van der Waals surface area contributed by atoms with Gasteiger partial charge < -0.3 is 0 Å². The van der Waals surface area contributed by atoms with E-state index >= 15 is 0 Å². The highest BCUT2D eigenvalue weighted by molar-refractivity contribution is 5.67. The maximum Gasteiger partial charge on any atom is -0.0132 e. The summed E-state index contributed by atoms with van der Waals surface area (Å²) in [4.78, 5) is 0. The van der Waals surface area contributed by atoms with Crippen LogP contribution in [-0.4, -0.2) is 0 Å². The lowest BCUT2D eigenvalue weighted by Gasteiger charge is -2.18. The molecule has 0 aromatic heterocycles. The molecule has 0 spiro atoms. The van der Waals surface area contributed by atoms with Crippen LogP contribution in [0.3, 0.4) is 0 Å². The Bertz CT molecular complexity index is 491. The summed E-state index contributed by atoms with van der Waals surface area (Å²) in [6.07, 6.45) is 6.86. The minimum absolute atomic E-state index is 0.230. The number of hydrogen-bond acceptors (Lipinski definition) is 0. The van der Waals surface area contributed by atoms with E-state index in [0.717, 1.165) is 0 Å². The van der Waals surface area contributed by atoms with Crippen molar-refractivity contribution >= 4 is 6.08 Å². The van der Waals surface area contributed by atoms with Gasteiger partial charge in [0.05, 0.1) is 0 Å². The Labute approximate surface area is 104 Å². The molecule has 0 fully saturated rings. The number of benzene rings is 1. The molecule has 0 aliphatic heterocycles. The second-order valence-corrected chi connectivity index (χ2v) is 5.69. The molecule has 0 heterocycles. The summed E-state index contributed by atoms with van der Waals surface area (Å²) < 4.78 is 0. The van der Waals surface area contributed by atoms with Gasteiger partial charge in [0, 0.05) is 0 Å². The van der Waals surface area contributed by atoms with Crippen molar-refractivity contribution in [1.82, 2.24) is 0 Å². The van der Waals surface area contributed by atoms with Crippen molar-refractivity contribution in [3.05, 3.63) is 64.8 Å². The Kier molecular flexibility index (Phi) is 3.06. The molecule has 88 valence electrons. The molecule has 0 unspecified atom stereocenters. The number of rotatable bonds is 1. The molecule has 0 nitrogen and oxygen atoms in total. The molecule has 0 saturated heterocycles. The first-order chi connectivity index (χ1) is 7.97. The highest BCUT2D eigenvalue weighted by Gasteiger charge is 2.19. The monoisotopic (exact) mass is 224 g/mol. The summed E-state index contributed by atoms with van der Waals surface area (Å²) in [6.45, 7) is 8.96. The molecule has 2 rings (SSSR count). The van der Waals surface area contributed by atoms with Crippen LogP contribution in [0.15, 0.2) is 59.2 Å². The fraction of sp³-hybridized carbons (Fsp3) is 0.294.